The lowest BCUT2D eigenvalue weighted by molar-refractivity contribution is 0.0453. The molecule has 0 fully saturated rings. The van der Waals surface area contributed by atoms with Crippen molar-refractivity contribution in [1.82, 2.24) is 10.6 Å². The number of rotatable bonds is 10. The van der Waals surface area contributed by atoms with Gasteiger partial charge < -0.3 is 20.1 Å². The van der Waals surface area contributed by atoms with Crippen molar-refractivity contribution >= 4 is 29.9 Å². The topological polar surface area (TPSA) is 54.9 Å². The predicted octanol–water partition coefficient (Wildman–Crippen LogP) is 4.34. The second-order valence-corrected chi connectivity index (χ2v) is 6.78. The van der Waals surface area contributed by atoms with E-state index in [0.717, 1.165) is 24.7 Å². The third-order valence-corrected chi connectivity index (χ3v) is 4.46. The molecule has 2 aromatic rings. The lowest BCUT2D eigenvalue weighted by Gasteiger charge is -2.14. The summed E-state index contributed by atoms with van der Waals surface area (Å²) in [7, 11) is 1.79. The van der Waals surface area contributed by atoms with Gasteiger partial charge in [-0.1, -0.05) is 48.0 Å². The second-order valence-electron chi connectivity index (χ2n) is 6.78. The van der Waals surface area contributed by atoms with Crippen molar-refractivity contribution in [2.45, 2.75) is 40.5 Å². The number of ether oxygens (including phenoxy) is 2. The van der Waals surface area contributed by atoms with Gasteiger partial charge in [-0.3, -0.25) is 4.99 Å². The molecule has 0 saturated carbocycles. The summed E-state index contributed by atoms with van der Waals surface area (Å²) >= 11 is 0. The van der Waals surface area contributed by atoms with Crippen molar-refractivity contribution in [1.29, 1.82) is 0 Å². The molecule has 160 valence electrons. The summed E-state index contributed by atoms with van der Waals surface area (Å²) in [4.78, 5) is 4.32. The van der Waals surface area contributed by atoms with Crippen LogP contribution in [-0.2, 0) is 29.2 Å². The van der Waals surface area contributed by atoms with Crippen LogP contribution >= 0.6 is 24.0 Å². The fraction of sp³-hybridized carbons (Fsp3) is 0.435. The Labute approximate surface area is 192 Å². The normalized spacial score (nSPS) is 11.1. The molecule has 0 aliphatic carbocycles. The first-order valence-electron chi connectivity index (χ1n) is 9.86. The van der Waals surface area contributed by atoms with E-state index in [0.29, 0.717) is 26.4 Å². The highest BCUT2D eigenvalue weighted by atomic mass is 127. The molecule has 0 spiro atoms. The molecule has 0 aliphatic rings. The Balaban J connectivity index is 0.00000420. The van der Waals surface area contributed by atoms with Crippen molar-refractivity contribution in [2.24, 2.45) is 4.99 Å². The average Bonchev–Trinajstić information content (AvgIpc) is 2.69. The van der Waals surface area contributed by atoms with E-state index in [1.807, 2.05) is 6.92 Å². The highest BCUT2D eigenvalue weighted by Crippen LogP contribution is 2.10. The van der Waals surface area contributed by atoms with Crippen molar-refractivity contribution in [3.8, 4) is 0 Å². The van der Waals surface area contributed by atoms with Crippen LogP contribution in [0.2, 0.25) is 0 Å². The molecule has 5 nitrogen and oxygen atoms in total. The van der Waals surface area contributed by atoms with Gasteiger partial charge in [0.25, 0.3) is 0 Å². The highest BCUT2D eigenvalue weighted by Gasteiger charge is 2.03. The Bertz CT molecular complexity index is 766. The largest absolute Gasteiger partial charge is 0.379 e. The number of aliphatic imine (C=N–C) groups is 1. The van der Waals surface area contributed by atoms with Crippen molar-refractivity contribution < 1.29 is 9.47 Å². The van der Waals surface area contributed by atoms with Crippen LogP contribution < -0.4 is 10.6 Å². The number of halogens is 1. The van der Waals surface area contributed by atoms with E-state index < -0.39 is 0 Å². The maximum atomic E-state index is 5.65. The molecule has 29 heavy (non-hydrogen) atoms. The van der Waals surface area contributed by atoms with Crippen LogP contribution in [0.1, 0.15) is 34.7 Å². The standard InChI is InChI=1S/C23H33N3O2.HI/c1-5-27-11-12-28-17-21-8-6-7-20(14-21)15-25-23(24-4)26-16-22-10-9-18(2)13-19(22)3;/h6-10,13-14H,5,11-12,15-17H2,1-4H3,(H2,24,25,26);1H. The molecular formula is C23H34IN3O2. The number of hydrogen-bond donors (Lipinski definition) is 2. The Morgan fingerprint density at radius 3 is 2.38 bits per heavy atom. The number of guanidine groups is 1. The van der Waals surface area contributed by atoms with Gasteiger partial charge in [0.2, 0.25) is 0 Å². The van der Waals surface area contributed by atoms with E-state index in [2.05, 4.69) is 71.9 Å². The van der Waals surface area contributed by atoms with Crippen molar-refractivity contribution in [2.75, 3.05) is 26.9 Å². The molecule has 2 aromatic carbocycles. The van der Waals surface area contributed by atoms with Crippen LogP contribution in [0, 0.1) is 13.8 Å². The number of benzene rings is 2. The summed E-state index contributed by atoms with van der Waals surface area (Å²) in [5.74, 6) is 0.790. The quantitative estimate of drug-likeness (QED) is 0.216. The van der Waals surface area contributed by atoms with E-state index in [9.17, 15) is 0 Å². The average molecular weight is 511 g/mol. The van der Waals surface area contributed by atoms with Gasteiger partial charge in [0.05, 0.1) is 19.8 Å². The summed E-state index contributed by atoms with van der Waals surface area (Å²) in [6.45, 7) is 10.3. The van der Waals surface area contributed by atoms with Crippen LogP contribution in [0.3, 0.4) is 0 Å². The van der Waals surface area contributed by atoms with E-state index >= 15 is 0 Å². The zero-order chi connectivity index (χ0) is 20.2. The van der Waals surface area contributed by atoms with Gasteiger partial charge in [-0.15, -0.1) is 24.0 Å². The zero-order valence-corrected chi connectivity index (χ0v) is 20.3. The second kappa shape index (κ2) is 14.4. The first kappa shape index (κ1) is 25.4. The number of nitrogens with one attached hydrogen (secondary N) is 2. The van der Waals surface area contributed by atoms with Gasteiger partial charge in [-0.05, 0) is 43.0 Å². The summed E-state index contributed by atoms with van der Waals surface area (Å²) in [6, 6.07) is 14.9. The Hall–Kier alpha value is -1.64. The Kier molecular flexibility index (Phi) is 12.6. The molecule has 0 aromatic heterocycles. The highest BCUT2D eigenvalue weighted by molar-refractivity contribution is 14.0. The molecule has 0 radical (unpaired) electrons. The smallest absolute Gasteiger partial charge is 0.191 e. The number of aryl methyl sites for hydroxylation is 2. The molecule has 2 N–H and O–H groups in total. The summed E-state index contributed by atoms with van der Waals surface area (Å²) in [5.41, 5.74) is 6.21. The molecule has 2 rings (SSSR count). The molecule has 0 amide bonds. The summed E-state index contributed by atoms with van der Waals surface area (Å²) in [6.07, 6.45) is 0. The van der Waals surface area contributed by atoms with Gasteiger partial charge in [0.1, 0.15) is 0 Å². The third-order valence-electron chi connectivity index (χ3n) is 4.46. The van der Waals surface area contributed by atoms with Gasteiger partial charge in [-0.25, -0.2) is 0 Å². The molecule has 6 heteroatoms. The minimum absolute atomic E-state index is 0. The molecule has 0 saturated heterocycles. The van der Waals surface area contributed by atoms with E-state index in [1.54, 1.807) is 7.05 Å². The minimum Gasteiger partial charge on any atom is -0.379 e. The molecular weight excluding hydrogens is 477 g/mol. The Morgan fingerprint density at radius 2 is 1.66 bits per heavy atom. The molecule has 0 atom stereocenters. The van der Waals surface area contributed by atoms with Crippen molar-refractivity contribution in [3.63, 3.8) is 0 Å². The Morgan fingerprint density at radius 1 is 0.931 bits per heavy atom. The lowest BCUT2D eigenvalue weighted by atomic mass is 10.1. The maximum Gasteiger partial charge on any atom is 0.191 e. The molecule has 0 heterocycles. The monoisotopic (exact) mass is 511 g/mol. The van der Waals surface area contributed by atoms with Crippen LogP contribution in [0.4, 0.5) is 0 Å². The molecule has 0 bridgehead atoms. The first-order valence-corrected chi connectivity index (χ1v) is 9.86. The molecule has 0 aliphatic heterocycles. The fourth-order valence-corrected chi connectivity index (χ4v) is 2.91. The van der Waals surface area contributed by atoms with Gasteiger partial charge >= 0.3 is 0 Å². The number of hydrogen-bond acceptors (Lipinski definition) is 3. The van der Waals surface area contributed by atoms with Gasteiger partial charge in [-0.2, -0.15) is 0 Å². The summed E-state index contributed by atoms with van der Waals surface area (Å²) in [5, 5.41) is 6.76. The molecule has 0 unspecified atom stereocenters. The van der Waals surface area contributed by atoms with E-state index in [-0.39, 0.29) is 24.0 Å². The SMILES string of the molecule is CCOCCOCc1cccc(CNC(=NC)NCc2ccc(C)cc2C)c1.I. The first-order chi connectivity index (χ1) is 13.6. The predicted molar refractivity (Wildman–Crippen MR) is 131 cm³/mol. The number of nitrogens with zero attached hydrogens (tertiary/aromatic N) is 1. The summed E-state index contributed by atoms with van der Waals surface area (Å²) < 4.78 is 10.9. The van der Waals surface area contributed by atoms with E-state index in [4.69, 9.17) is 9.47 Å². The minimum atomic E-state index is 0. The van der Waals surface area contributed by atoms with Crippen molar-refractivity contribution in [3.05, 3.63) is 70.3 Å². The fourth-order valence-electron chi connectivity index (χ4n) is 2.91. The van der Waals surface area contributed by atoms with Crippen LogP contribution in [-0.4, -0.2) is 32.8 Å². The van der Waals surface area contributed by atoms with Crippen LogP contribution in [0.15, 0.2) is 47.5 Å². The van der Waals surface area contributed by atoms with Gasteiger partial charge in [0.15, 0.2) is 5.96 Å². The van der Waals surface area contributed by atoms with E-state index in [1.165, 1.54) is 22.3 Å². The van der Waals surface area contributed by atoms with Crippen LogP contribution in [0.5, 0.6) is 0 Å². The lowest BCUT2D eigenvalue weighted by Crippen LogP contribution is -2.36. The third kappa shape index (κ3) is 9.60. The van der Waals surface area contributed by atoms with Crippen LogP contribution in [0.25, 0.3) is 0 Å². The zero-order valence-electron chi connectivity index (χ0n) is 18.0. The maximum absolute atomic E-state index is 5.65. The van der Waals surface area contributed by atoms with Gasteiger partial charge in [0, 0.05) is 26.7 Å².